The summed E-state index contributed by atoms with van der Waals surface area (Å²) in [5, 5.41) is 24.5. The van der Waals surface area contributed by atoms with Gasteiger partial charge in [-0.15, -0.1) is 0 Å². The second kappa shape index (κ2) is 25.9. The molecule has 4 fully saturated rings. The minimum Gasteiger partial charge on any atom is -0.444 e. The van der Waals surface area contributed by atoms with Crippen molar-refractivity contribution in [3.63, 3.8) is 0 Å². The summed E-state index contributed by atoms with van der Waals surface area (Å²) >= 11 is 12.9. The molecule has 4 aliphatic heterocycles. The van der Waals surface area contributed by atoms with E-state index >= 15 is 0 Å². The number of rotatable bonds is 8. The molecule has 2 aromatic carbocycles. The zero-order chi connectivity index (χ0) is 62.1. The van der Waals surface area contributed by atoms with Crippen LogP contribution in [0.1, 0.15) is 124 Å². The molecule has 2 N–H and O–H groups in total. The van der Waals surface area contributed by atoms with E-state index in [1.807, 2.05) is 112 Å². The zero-order valence-electron chi connectivity index (χ0n) is 51.3. The number of aliphatic hydroxyl groups is 2. The van der Waals surface area contributed by atoms with Gasteiger partial charge in [-0.1, -0.05) is 47.5 Å². The number of aromatic nitrogens is 6. The number of aryl methyl sites for hydroxylation is 4. The predicted octanol–water partition coefficient (Wildman–Crippen LogP) is 8.19. The number of piperidine rings is 2. The SMILES string of the molecule is CC(C)(C)OC(=O)N1CCN([C@@H]2c3ccc(Cl)cc3CCc3cccnc32)C[C@@H]1C(=O)N1CCCC(O)(Cn2ccnc2)C1.CC(C)(C)OC(=O)N1CCN([C@H]2c3ccc(Cl)cc3CCc3cccnc32)C[C@@H]1C(=O)N1CCCC(O)(Cn2ccnc2)C1. The molecule has 0 bridgehead atoms. The van der Waals surface area contributed by atoms with E-state index < -0.39 is 46.7 Å². The molecule has 2 aliphatic carbocycles. The van der Waals surface area contributed by atoms with E-state index in [4.69, 9.17) is 42.6 Å². The third-order valence-electron chi connectivity index (χ3n) is 17.7. The number of amides is 4. The zero-order valence-corrected chi connectivity index (χ0v) is 52.8. The highest BCUT2D eigenvalue weighted by Crippen LogP contribution is 2.41. The second-order valence-electron chi connectivity index (χ2n) is 26.6. The number of ether oxygens (including phenoxy) is 2. The monoisotopic (exact) mass is 1240 g/mol. The summed E-state index contributed by atoms with van der Waals surface area (Å²) in [7, 11) is 0. The van der Waals surface area contributed by atoms with Crippen molar-refractivity contribution in [2.45, 2.75) is 153 Å². The van der Waals surface area contributed by atoms with Gasteiger partial charge in [-0.25, -0.2) is 19.6 Å². The van der Waals surface area contributed by atoms with E-state index in [-0.39, 0.29) is 37.0 Å². The Morgan fingerprint density at radius 1 is 0.557 bits per heavy atom. The van der Waals surface area contributed by atoms with Crippen molar-refractivity contribution in [1.29, 1.82) is 0 Å². The van der Waals surface area contributed by atoms with Crippen LogP contribution in [0.3, 0.4) is 0 Å². The Bertz CT molecular complexity index is 3240. The molecule has 6 aliphatic rings. The van der Waals surface area contributed by atoms with Crippen LogP contribution in [0.5, 0.6) is 0 Å². The van der Waals surface area contributed by atoms with Crippen LogP contribution in [0.4, 0.5) is 9.59 Å². The average Bonchev–Trinajstić information content (AvgIpc) is 2.21. The van der Waals surface area contributed by atoms with E-state index in [2.05, 4.69) is 44.0 Å². The van der Waals surface area contributed by atoms with Gasteiger partial charge in [-0.3, -0.25) is 39.2 Å². The van der Waals surface area contributed by atoms with Crippen molar-refractivity contribution in [3.8, 4) is 0 Å². The van der Waals surface area contributed by atoms with Crippen LogP contribution in [0.2, 0.25) is 10.0 Å². The number of piperazine rings is 2. The number of hydrogen-bond acceptors (Lipinski definition) is 14. The number of pyridine rings is 2. The van der Waals surface area contributed by atoms with E-state index in [1.165, 1.54) is 22.3 Å². The van der Waals surface area contributed by atoms with Crippen LogP contribution < -0.4 is 0 Å². The van der Waals surface area contributed by atoms with Gasteiger partial charge in [0.15, 0.2) is 0 Å². The largest absolute Gasteiger partial charge is 0.444 e. The summed E-state index contributed by atoms with van der Waals surface area (Å²) in [4.78, 5) is 85.0. The van der Waals surface area contributed by atoms with Gasteiger partial charge in [0.05, 0.1) is 62.3 Å². The summed E-state index contributed by atoms with van der Waals surface area (Å²) < 4.78 is 15.3. The number of hydrogen-bond donors (Lipinski definition) is 2. The number of carbonyl (C=O) groups excluding carboxylic acids is 4. The summed E-state index contributed by atoms with van der Waals surface area (Å²) in [6.07, 6.45) is 18.8. The molecule has 0 radical (unpaired) electrons. The molecule has 4 saturated heterocycles. The van der Waals surface area contributed by atoms with Crippen molar-refractivity contribution >= 4 is 47.2 Å². The highest BCUT2D eigenvalue weighted by Gasteiger charge is 2.48. The number of benzene rings is 2. The Hall–Kier alpha value is -6.94. The highest BCUT2D eigenvalue weighted by atomic mass is 35.5. The molecule has 6 aromatic rings. The predicted molar refractivity (Wildman–Crippen MR) is 332 cm³/mol. The lowest BCUT2D eigenvalue weighted by Gasteiger charge is -2.47. The van der Waals surface area contributed by atoms with E-state index in [0.29, 0.717) is 101 Å². The van der Waals surface area contributed by atoms with Gasteiger partial charge in [0.2, 0.25) is 11.8 Å². The van der Waals surface area contributed by atoms with Crippen LogP contribution >= 0.6 is 23.2 Å². The Balaban J connectivity index is 0.000000182. The van der Waals surface area contributed by atoms with Crippen LogP contribution in [0.25, 0.3) is 0 Å². The lowest BCUT2D eigenvalue weighted by atomic mass is 9.91. The molecule has 0 spiro atoms. The maximum absolute atomic E-state index is 14.4. The third-order valence-corrected chi connectivity index (χ3v) is 18.2. The first-order chi connectivity index (χ1) is 42.0. The fraction of sp³-hybridized carbons (Fsp3) is 0.515. The van der Waals surface area contributed by atoms with Crippen molar-refractivity contribution in [3.05, 3.63) is 165 Å². The highest BCUT2D eigenvalue weighted by molar-refractivity contribution is 6.31. The third kappa shape index (κ3) is 14.4. The minimum absolute atomic E-state index is 0.178. The molecule has 22 heteroatoms. The van der Waals surface area contributed by atoms with Crippen molar-refractivity contribution < 1.29 is 38.9 Å². The number of likely N-dealkylation sites (tertiary alicyclic amines) is 2. The first-order valence-electron chi connectivity index (χ1n) is 30.8. The molecule has 468 valence electrons. The molecule has 2 unspecified atom stereocenters. The summed E-state index contributed by atoms with van der Waals surface area (Å²) in [5.74, 6) is -0.369. The van der Waals surface area contributed by atoms with Crippen LogP contribution in [-0.2, 0) is 57.8 Å². The molecular weight excluding hydrogens is 1160 g/mol. The fourth-order valence-corrected chi connectivity index (χ4v) is 14.2. The van der Waals surface area contributed by atoms with E-state index in [1.54, 1.807) is 44.6 Å². The first-order valence-corrected chi connectivity index (χ1v) is 31.6. The van der Waals surface area contributed by atoms with Crippen LogP contribution in [-0.4, -0.2) is 193 Å². The summed E-state index contributed by atoms with van der Waals surface area (Å²) in [5.41, 5.74) is 5.25. The molecule has 0 saturated carbocycles. The number of nitrogens with zero attached hydrogens (tertiary/aromatic N) is 12. The minimum atomic E-state index is -1.10. The fourth-order valence-electron chi connectivity index (χ4n) is 13.8. The van der Waals surface area contributed by atoms with Gasteiger partial charge in [0, 0.05) is 99.6 Å². The number of halogens is 2. The Morgan fingerprint density at radius 2 is 0.966 bits per heavy atom. The molecular formula is C66H82Cl2N12O8. The van der Waals surface area contributed by atoms with Crippen molar-refractivity contribution in [2.75, 3.05) is 65.4 Å². The lowest BCUT2D eigenvalue weighted by molar-refractivity contribution is -0.147. The number of imidazole rings is 2. The number of β-amino-alcohol motifs (C(OH)–C–C–N with tert-alkyl or cyclic N) is 2. The molecule has 12 rings (SSSR count). The first kappa shape index (κ1) is 62.7. The topological polar surface area (TPSA) is 208 Å². The normalized spacial score (nSPS) is 24.3. The maximum Gasteiger partial charge on any atom is 0.411 e. The second-order valence-corrected chi connectivity index (χ2v) is 27.5. The molecule has 88 heavy (non-hydrogen) atoms. The number of carbonyl (C=O) groups is 4. The Labute approximate surface area is 525 Å². The van der Waals surface area contributed by atoms with Crippen LogP contribution in [0, 0.1) is 0 Å². The van der Waals surface area contributed by atoms with Crippen molar-refractivity contribution in [2.24, 2.45) is 0 Å². The van der Waals surface area contributed by atoms with Gasteiger partial charge in [-0.05, 0) is 163 Å². The Morgan fingerprint density at radius 3 is 1.35 bits per heavy atom. The molecule has 6 atom stereocenters. The summed E-state index contributed by atoms with van der Waals surface area (Å²) in [6.45, 7) is 15.4. The van der Waals surface area contributed by atoms with E-state index in [0.717, 1.165) is 48.2 Å². The van der Waals surface area contributed by atoms with Gasteiger partial charge in [0.1, 0.15) is 34.5 Å². The average molecular weight is 1240 g/mol. The maximum atomic E-state index is 14.4. The smallest absolute Gasteiger partial charge is 0.411 e. The quantitative estimate of drug-likeness (QED) is 0.147. The molecule has 8 heterocycles. The molecule has 4 aromatic heterocycles. The standard InChI is InChI=1S/2C33H41ClN6O4/c2*1-32(2,3)44-31(42)40-17-16-38(29-26-10-9-25(34)18-24(26)8-7-23-6-4-12-36-28(23)29)19-27(40)30(41)39-14-5-11-33(43,21-39)20-37-15-13-35-22-37/h2*4,6,9-10,12-13,15,18,22,27,29,43H,5,7-8,11,14,16-17,19-21H2,1-3H3/t27-,29+,33?;27-,29-,33?/m11/s1. The number of fused-ring (bicyclic) bond motifs is 4. The lowest BCUT2D eigenvalue weighted by Crippen LogP contribution is -2.64. The van der Waals surface area contributed by atoms with Gasteiger partial charge >= 0.3 is 12.2 Å². The molecule has 20 nitrogen and oxygen atoms in total. The van der Waals surface area contributed by atoms with Gasteiger partial charge < -0.3 is 38.6 Å². The summed E-state index contributed by atoms with van der Waals surface area (Å²) in [6, 6.07) is 18.2. The van der Waals surface area contributed by atoms with Gasteiger partial charge in [0.25, 0.3) is 0 Å². The van der Waals surface area contributed by atoms with Gasteiger partial charge in [-0.2, -0.15) is 0 Å². The van der Waals surface area contributed by atoms with E-state index in [9.17, 15) is 29.4 Å². The van der Waals surface area contributed by atoms with Crippen LogP contribution in [0.15, 0.2) is 110 Å². The van der Waals surface area contributed by atoms with Crippen molar-refractivity contribution in [1.82, 2.24) is 58.5 Å². The molecule has 4 amide bonds. The Kier molecular flexibility index (Phi) is 18.4.